The molecule has 0 radical (unpaired) electrons. The topological polar surface area (TPSA) is 0 Å². The van der Waals surface area contributed by atoms with E-state index in [9.17, 15) is 0 Å². The van der Waals surface area contributed by atoms with Gasteiger partial charge in [0.15, 0.2) is 0 Å². The first kappa shape index (κ1) is 13.7. The van der Waals surface area contributed by atoms with Crippen LogP contribution in [0.5, 0.6) is 0 Å². The van der Waals surface area contributed by atoms with Gasteiger partial charge in [-0.1, -0.05) is 56.6 Å². The molecule has 0 heterocycles. The summed E-state index contributed by atoms with van der Waals surface area (Å²) in [7, 11) is 0. The molecule has 1 unspecified atom stereocenters. The lowest BCUT2D eigenvalue weighted by Crippen LogP contribution is -2.00. The van der Waals surface area contributed by atoms with E-state index >= 15 is 0 Å². The third kappa shape index (κ3) is 7.01. The maximum absolute atomic E-state index is 5.32. The van der Waals surface area contributed by atoms with Crippen molar-refractivity contribution in [2.24, 2.45) is 0 Å². The van der Waals surface area contributed by atoms with Crippen LogP contribution in [0.15, 0.2) is 12.2 Å². The molecular weight excluding hydrogens is 212 g/mol. The Morgan fingerprint density at radius 2 is 1.75 bits per heavy atom. The molecule has 1 aliphatic carbocycles. The predicted molar refractivity (Wildman–Crippen MR) is 75.8 cm³/mol. The Kier molecular flexibility index (Phi) is 8.44. The molecule has 0 saturated heterocycles. The molecule has 0 aromatic carbocycles. The Morgan fingerprint density at radius 1 is 1.06 bits per heavy atom. The summed E-state index contributed by atoms with van der Waals surface area (Å²) in [5.74, 6) is 3.59. The van der Waals surface area contributed by atoms with Crippen LogP contribution in [-0.2, 0) is 0 Å². The van der Waals surface area contributed by atoms with Gasteiger partial charge >= 0.3 is 0 Å². The molecule has 0 aromatic rings. The second-order valence-electron chi connectivity index (χ2n) is 4.53. The average Bonchev–Trinajstić information content (AvgIpc) is 2.28. The second kappa shape index (κ2) is 9.85. The SMILES string of the molecule is C#CCSC1/C=C/CCCCCCCCC1. The van der Waals surface area contributed by atoms with Crippen LogP contribution in [0.2, 0.25) is 0 Å². The zero-order valence-corrected chi connectivity index (χ0v) is 11.1. The highest BCUT2D eigenvalue weighted by Crippen LogP contribution is 2.21. The van der Waals surface area contributed by atoms with Crippen LogP contribution in [0.4, 0.5) is 0 Å². The van der Waals surface area contributed by atoms with Crippen molar-refractivity contribution in [3.8, 4) is 12.3 Å². The van der Waals surface area contributed by atoms with Gasteiger partial charge in [0.2, 0.25) is 0 Å². The van der Waals surface area contributed by atoms with Gasteiger partial charge in [0.25, 0.3) is 0 Å². The van der Waals surface area contributed by atoms with Gasteiger partial charge in [-0.15, -0.1) is 18.2 Å². The minimum absolute atomic E-state index is 0.662. The highest BCUT2D eigenvalue weighted by atomic mass is 32.2. The van der Waals surface area contributed by atoms with Gasteiger partial charge in [0.1, 0.15) is 0 Å². The molecule has 0 bridgehead atoms. The fraction of sp³-hybridized carbons (Fsp3) is 0.733. The number of hydrogen-bond donors (Lipinski definition) is 0. The molecule has 0 spiro atoms. The van der Waals surface area contributed by atoms with Crippen molar-refractivity contribution in [2.75, 3.05) is 5.75 Å². The van der Waals surface area contributed by atoms with Crippen LogP contribution >= 0.6 is 11.8 Å². The Morgan fingerprint density at radius 3 is 2.50 bits per heavy atom. The molecule has 90 valence electrons. The number of terminal acetylenes is 1. The molecule has 0 saturated carbocycles. The fourth-order valence-electron chi connectivity index (χ4n) is 2.13. The molecule has 0 aromatic heterocycles. The van der Waals surface area contributed by atoms with E-state index in [2.05, 4.69) is 18.1 Å². The lowest BCUT2D eigenvalue weighted by molar-refractivity contribution is 0.568. The van der Waals surface area contributed by atoms with E-state index in [1.807, 2.05) is 11.8 Å². The van der Waals surface area contributed by atoms with Crippen molar-refractivity contribution in [2.45, 2.75) is 63.0 Å². The summed E-state index contributed by atoms with van der Waals surface area (Å²) in [4.78, 5) is 0. The van der Waals surface area contributed by atoms with Gasteiger partial charge < -0.3 is 0 Å². The van der Waals surface area contributed by atoms with E-state index in [1.165, 1.54) is 57.8 Å². The van der Waals surface area contributed by atoms with Crippen molar-refractivity contribution in [1.29, 1.82) is 0 Å². The van der Waals surface area contributed by atoms with Crippen molar-refractivity contribution in [3.63, 3.8) is 0 Å². The van der Waals surface area contributed by atoms with Gasteiger partial charge in [-0.05, 0) is 19.3 Å². The molecule has 1 heteroatoms. The lowest BCUT2D eigenvalue weighted by Gasteiger charge is -2.11. The summed E-state index contributed by atoms with van der Waals surface area (Å²) >= 11 is 1.93. The molecule has 1 aliphatic rings. The number of rotatable bonds is 2. The molecule has 0 aliphatic heterocycles. The van der Waals surface area contributed by atoms with Crippen LogP contribution in [0, 0.1) is 12.3 Å². The number of hydrogen-bond acceptors (Lipinski definition) is 1. The van der Waals surface area contributed by atoms with E-state index in [0.29, 0.717) is 5.25 Å². The summed E-state index contributed by atoms with van der Waals surface area (Å²) in [6.45, 7) is 0. The minimum Gasteiger partial charge on any atom is -0.141 e. The summed E-state index contributed by atoms with van der Waals surface area (Å²) < 4.78 is 0. The molecule has 0 N–H and O–H groups in total. The summed E-state index contributed by atoms with van der Waals surface area (Å²) in [5, 5.41) is 0.662. The molecule has 0 nitrogen and oxygen atoms in total. The monoisotopic (exact) mass is 236 g/mol. The van der Waals surface area contributed by atoms with E-state index < -0.39 is 0 Å². The molecule has 16 heavy (non-hydrogen) atoms. The predicted octanol–water partition coefficient (Wildman–Crippen LogP) is 4.80. The third-order valence-corrected chi connectivity index (χ3v) is 4.25. The molecular formula is C15H24S. The highest BCUT2D eigenvalue weighted by molar-refractivity contribution is 8.00. The number of thioether (sulfide) groups is 1. The molecule has 1 rings (SSSR count). The van der Waals surface area contributed by atoms with Gasteiger partial charge in [-0.2, -0.15) is 0 Å². The Hall–Kier alpha value is -0.350. The van der Waals surface area contributed by atoms with Crippen LogP contribution in [0.1, 0.15) is 57.8 Å². The first-order chi connectivity index (χ1) is 7.93. The van der Waals surface area contributed by atoms with Gasteiger partial charge in [0, 0.05) is 5.25 Å². The second-order valence-corrected chi connectivity index (χ2v) is 5.76. The van der Waals surface area contributed by atoms with Crippen LogP contribution in [0.25, 0.3) is 0 Å². The summed E-state index contributed by atoms with van der Waals surface area (Å²) in [5.41, 5.74) is 0. The van der Waals surface area contributed by atoms with Crippen molar-refractivity contribution < 1.29 is 0 Å². The summed E-state index contributed by atoms with van der Waals surface area (Å²) in [6, 6.07) is 0. The van der Waals surface area contributed by atoms with Crippen LogP contribution < -0.4 is 0 Å². The standard InChI is InChI=1S/C15H24S/c1-2-14-16-15-12-10-8-6-4-3-5-7-9-11-13-15/h1,10,12,15H,3-9,11,13-14H2/b12-10+. The minimum atomic E-state index is 0.662. The zero-order valence-electron chi connectivity index (χ0n) is 10.3. The average molecular weight is 236 g/mol. The highest BCUT2D eigenvalue weighted by Gasteiger charge is 2.04. The van der Waals surface area contributed by atoms with Crippen LogP contribution in [0.3, 0.4) is 0 Å². The van der Waals surface area contributed by atoms with E-state index in [0.717, 1.165) is 5.75 Å². The first-order valence-electron chi connectivity index (χ1n) is 6.65. The van der Waals surface area contributed by atoms with Gasteiger partial charge in [0.05, 0.1) is 5.75 Å². The van der Waals surface area contributed by atoms with Gasteiger partial charge in [-0.3, -0.25) is 0 Å². The maximum Gasteiger partial charge on any atom is 0.0550 e. The quantitative estimate of drug-likeness (QED) is 0.490. The van der Waals surface area contributed by atoms with Crippen LogP contribution in [-0.4, -0.2) is 11.0 Å². The zero-order chi connectivity index (χ0) is 11.5. The molecule has 1 atom stereocenters. The normalized spacial score (nSPS) is 26.1. The third-order valence-electron chi connectivity index (χ3n) is 3.09. The maximum atomic E-state index is 5.32. The number of allylic oxidation sites excluding steroid dienone is 1. The van der Waals surface area contributed by atoms with E-state index in [4.69, 9.17) is 6.42 Å². The Labute approximate surface area is 105 Å². The fourth-order valence-corrected chi connectivity index (χ4v) is 3.00. The van der Waals surface area contributed by atoms with E-state index in [-0.39, 0.29) is 0 Å². The summed E-state index contributed by atoms with van der Waals surface area (Å²) in [6.07, 6.45) is 22.5. The van der Waals surface area contributed by atoms with Gasteiger partial charge in [-0.25, -0.2) is 0 Å². The van der Waals surface area contributed by atoms with E-state index in [1.54, 1.807) is 0 Å². The molecule has 0 fully saturated rings. The first-order valence-corrected chi connectivity index (χ1v) is 7.70. The van der Waals surface area contributed by atoms with Crippen molar-refractivity contribution >= 4 is 11.8 Å². The Balaban J connectivity index is 2.33. The Bertz CT molecular complexity index is 224. The smallest absolute Gasteiger partial charge is 0.0550 e. The molecule has 0 amide bonds. The lowest BCUT2D eigenvalue weighted by atomic mass is 10.0. The largest absolute Gasteiger partial charge is 0.141 e. The van der Waals surface area contributed by atoms with Crippen molar-refractivity contribution in [3.05, 3.63) is 12.2 Å². The van der Waals surface area contributed by atoms with Crippen molar-refractivity contribution in [1.82, 2.24) is 0 Å².